The summed E-state index contributed by atoms with van der Waals surface area (Å²) in [6.45, 7) is 11.3. The second-order valence-electron chi connectivity index (χ2n) is 5.05. The third-order valence-electron chi connectivity index (χ3n) is 2.89. The van der Waals surface area contributed by atoms with Crippen LogP contribution in [0.15, 0.2) is 4.99 Å². The van der Waals surface area contributed by atoms with Gasteiger partial charge in [-0.05, 0) is 27.2 Å². The van der Waals surface area contributed by atoms with Crippen molar-refractivity contribution in [2.45, 2.75) is 31.9 Å². The van der Waals surface area contributed by atoms with Crippen LogP contribution in [0.3, 0.4) is 0 Å². The molecule has 0 atom stereocenters. The molecular weight excluding hydrogens is 246 g/mol. The lowest BCUT2D eigenvalue weighted by molar-refractivity contribution is 0.145. The van der Waals surface area contributed by atoms with Crippen LogP contribution in [0.1, 0.15) is 27.2 Å². The molecule has 1 fully saturated rings. The zero-order chi connectivity index (χ0) is 13.4. The number of ether oxygens (including phenoxy) is 1. The third-order valence-corrected chi connectivity index (χ3v) is 4.19. The number of hydrogen-bond acceptors (Lipinski definition) is 3. The summed E-state index contributed by atoms with van der Waals surface area (Å²) in [5.41, 5.74) is 0. The first-order chi connectivity index (χ1) is 8.59. The minimum absolute atomic E-state index is 0.321. The van der Waals surface area contributed by atoms with E-state index in [0.29, 0.717) is 4.75 Å². The van der Waals surface area contributed by atoms with Crippen molar-refractivity contribution in [1.82, 2.24) is 10.2 Å². The van der Waals surface area contributed by atoms with Crippen LogP contribution in [0.4, 0.5) is 0 Å². The quantitative estimate of drug-likeness (QED) is 0.471. The molecule has 5 heteroatoms. The van der Waals surface area contributed by atoms with Gasteiger partial charge in [0.15, 0.2) is 5.96 Å². The zero-order valence-corrected chi connectivity index (χ0v) is 13.0. The average molecular weight is 273 g/mol. The summed E-state index contributed by atoms with van der Waals surface area (Å²) < 4.78 is 5.65. The molecule has 0 unspecified atom stereocenters. The van der Waals surface area contributed by atoms with Crippen molar-refractivity contribution in [2.24, 2.45) is 4.99 Å². The summed E-state index contributed by atoms with van der Waals surface area (Å²) in [6.07, 6.45) is 1.03. The highest BCUT2D eigenvalue weighted by Gasteiger charge is 2.28. The summed E-state index contributed by atoms with van der Waals surface area (Å²) in [5, 5.41) is 3.42. The SMILES string of the molecule is CCOCCCNC(=NC)N1CCSC(C)(C)C1. The van der Waals surface area contributed by atoms with Crippen molar-refractivity contribution in [3.05, 3.63) is 0 Å². The smallest absolute Gasteiger partial charge is 0.193 e. The topological polar surface area (TPSA) is 36.9 Å². The number of rotatable bonds is 5. The normalized spacial score (nSPS) is 20.0. The predicted octanol–water partition coefficient (Wildman–Crippen LogP) is 1.82. The Kier molecular flexibility index (Phi) is 6.86. The highest BCUT2D eigenvalue weighted by atomic mass is 32.2. The fourth-order valence-electron chi connectivity index (χ4n) is 2.05. The highest BCUT2D eigenvalue weighted by Crippen LogP contribution is 2.29. The molecule has 1 aliphatic rings. The Morgan fingerprint density at radius 2 is 2.28 bits per heavy atom. The first-order valence-corrected chi connectivity index (χ1v) is 7.75. The van der Waals surface area contributed by atoms with Gasteiger partial charge in [0.2, 0.25) is 0 Å². The van der Waals surface area contributed by atoms with E-state index >= 15 is 0 Å². The van der Waals surface area contributed by atoms with Gasteiger partial charge >= 0.3 is 0 Å². The van der Waals surface area contributed by atoms with Crippen molar-refractivity contribution in [1.29, 1.82) is 0 Å². The molecule has 0 aromatic carbocycles. The first-order valence-electron chi connectivity index (χ1n) is 6.76. The van der Waals surface area contributed by atoms with Crippen LogP contribution in [0.5, 0.6) is 0 Å². The molecule has 0 amide bonds. The van der Waals surface area contributed by atoms with Gasteiger partial charge in [-0.15, -0.1) is 0 Å². The van der Waals surface area contributed by atoms with Crippen molar-refractivity contribution in [3.8, 4) is 0 Å². The summed E-state index contributed by atoms with van der Waals surface area (Å²) >= 11 is 2.04. The van der Waals surface area contributed by atoms with Gasteiger partial charge in [-0.1, -0.05) is 0 Å². The monoisotopic (exact) mass is 273 g/mol. The highest BCUT2D eigenvalue weighted by molar-refractivity contribution is 8.00. The van der Waals surface area contributed by atoms with Crippen LogP contribution in [-0.2, 0) is 4.74 Å². The molecule has 0 aromatic rings. The van der Waals surface area contributed by atoms with Crippen LogP contribution >= 0.6 is 11.8 Å². The molecule has 0 saturated carbocycles. The van der Waals surface area contributed by atoms with Crippen LogP contribution < -0.4 is 5.32 Å². The molecule has 1 rings (SSSR count). The Morgan fingerprint density at radius 1 is 1.50 bits per heavy atom. The van der Waals surface area contributed by atoms with E-state index in [-0.39, 0.29) is 0 Å². The van der Waals surface area contributed by atoms with Crippen LogP contribution in [-0.4, -0.2) is 61.3 Å². The molecule has 0 radical (unpaired) electrons. The number of guanidine groups is 1. The van der Waals surface area contributed by atoms with Crippen molar-refractivity contribution in [2.75, 3.05) is 45.6 Å². The Balaban J connectivity index is 2.32. The molecule has 0 aromatic heterocycles. The first kappa shape index (κ1) is 15.6. The van der Waals surface area contributed by atoms with Gasteiger partial charge in [-0.2, -0.15) is 11.8 Å². The molecule has 4 nitrogen and oxygen atoms in total. The van der Waals surface area contributed by atoms with E-state index in [2.05, 4.69) is 29.1 Å². The van der Waals surface area contributed by atoms with Gasteiger partial charge < -0.3 is 15.0 Å². The summed E-state index contributed by atoms with van der Waals surface area (Å²) in [5.74, 6) is 2.20. The summed E-state index contributed by atoms with van der Waals surface area (Å²) in [6, 6.07) is 0. The van der Waals surface area contributed by atoms with E-state index in [9.17, 15) is 0 Å². The number of nitrogens with zero attached hydrogens (tertiary/aromatic N) is 2. The van der Waals surface area contributed by atoms with Gasteiger partial charge in [0.05, 0.1) is 0 Å². The van der Waals surface area contributed by atoms with Crippen molar-refractivity contribution in [3.63, 3.8) is 0 Å². The standard InChI is InChI=1S/C13H27N3OS/c1-5-17-9-6-7-15-12(14-4)16-8-10-18-13(2,3)11-16/h5-11H2,1-4H3,(H,14,15). The third kappa shape index (κ3) is 5.48. The van der Waals surface area contributed by atoms with Crippen LogP contribution in [0.25, 0.3) is 0 Å². The number of nitrogens with one attached hydrogen (secondary N) is 1. The second kappa shape index (κ2) is 7.89. The fourth-order valence-corrected chi connectivity index (χ4v) is 3.16. The Morgan fingerprint density at radius 3 is 2.89 bits per heavy atom. The lowest BCUT2D eigenvalue weighted by atomic mass is 10.2. The summed E-state index contributed by atoms with van der Waals surface area (Å²) in [7, 11) is 1.86. The molecule has 1 aliphatic heterocycles. The van der Waals surface area contributed by atoms with Gasteiger partial charge in [-0.25, -0.2) is 0 Å². The number of hydrogen-bond donors (Lipinski definition) is 1. The molecule has 0 bridgehead atoms. The van der Waals surface area contributed by atoms with Gasteiger partial charge in [0.25, 0.3) is 0 Å². The van der Waals surface area contributed by atoms with Gasteiger partial charge in [-0.3, -0.25) is 4.99 Å². The summed E-state index contributed by atoms with van der Waals surface area (Å²) in [4.78, 5) is 6.73. The molecule has 1 heterocycles. The second-order valence-corrected chi connectivity index (χ2v) is 6.86. The average Bonchev–Trinajstić information content (AvgIpc) is 2.32. The van der Waals surface area contributed by atoms with E-state index in [1.807, 2.05) is 25.7 Å². The molecular formula is C13H27N3OS. The van der Waals surface area contributed by atoms with Crippen molar-refractivity contribution >= 4 is 17.7 Å². The molecule has 0 aliphatic carbocycles. The maximum Gasteiger partial charge on any atom is 0.193 e. The molecule has 0 spiro atoms. The Bertz CT molecular complexity index is 269. The van der Waals surface area contributed by atoms with E-state index in [1.54, 1.807) is 0 Å². The largest absolute Gasteiger partial charge is 0.382 e. The van der Waals surface area contributed by atoms with Crippen LogP contribution in [0.2, 0.25) is 0 Å². The lowest BCUT2D eigenvalue weighted by Crippen LogP contribution is -2.51. The van der Waals surface area contributed by atoms with E-state index < -0.39 is 0 Å². The molecule has 106 valence electrons. The lowest BCUT2D eigenvalue weighted by Gasteiger charge is -2.39. The minimum Gasteiger partial charge on any atom is -0.382 e. The van der Waals surface area contributed by atoms with Gasteiger partial charge in [0.1, 0.15) is 0 Å². The maximum absolute atomic E-state index is 5.33. The molecule has 1 N–H and O–H groups in total. The number of thioether (sulfide) groups is 1. The molecule has 18 heavy (non-hydrogen) atoms. The maximum atomic E-state index is 5.33. The Labute approximate surface area is 116 Å². The van der Waals surface area contributed by atoms with E-state index in [0.717, 1.165) is 45.2 Å². The zero-order valence-electron chi connectivity index (χ0n) is 12.2. The van der Waals surface area contributed by atoms with E-state index in [1.165, 1.54) is 5.75 Å². The van der Waals surface area contributed by atoms with Crippen LogP contribution in [0, 0.1) is 0 Å². The predicted molar refractivity (Wildman–Crippen MR) is 80.6 cm³/mol. The van der Waals surface area contributed by atoms with Crippen molar-refractivity contribution < 1.29 is 4.74 Å². The minimum atomic E-state index is 0.321. The molecule has 1 saturated heterocycles. The van der Waals surface area contributed by atoms with E-state index in [4.69, 9.17) is 4.74 Å². The Hall–Kier alpha value is -0.420. The fraction of sp³-hybridized carbons (Fsp3) is 0.923. The van der Waals surface area contributed by atoms with Gasteiger partial charge in [0, 0.05) is 50.4 Å². The number of aliphatic imine (C=N–C) groups is 1.